The van der Waals surface area contributed by atoms with Crippen molar-refractivity contribution in [2.24, 2.45) is 0 Å². The van der Waals surface area contributed by atoms with Crippen molar-refractivity contribution < 1.29 is 31.9 Å². The number of aliphatic hydroxyl groups excluding tert-OH is 1. The molecule has 0 saturated carbocycles. The molecule has 10 heteroatoms. The summed E-state index contributed by atoms with van der Waals surface area (Å²) in [5.41, 5.74) is 0. The van der Waals surface area contributed by atoms with Gasteiger partial charge in [0.15, 0.2) is 0 Å². The first-order valence-corrected chi connectivity index (χ1v) is 28.9. The summed E-state index contributed by atoms with van der Waals surface area (Å²) in [5, 5.41) is 8.51. The second-order valence-corrected chi connectivity index (χ2v) is 65.7. The fourth-order valence-electron chi connectivity index (χ4n) is 1.39. The molecule has 0 saturated heterocycles. The monoisotopic (exact) mass is 696 g/mol. The molecule has 0 fully saturated rings. The Bertz CT molecular complexity index is 281. The number of halogens is 2. The van der Waals surface area contributed by atoms with Crippen LogP contribution in [0.2, 0.25) is 9.94 Å². The van der Waals surface area contributed by atoms with Crippen LogP contribution < -0.4 is 0 Å². The van der Waals surface area contributed by atoms with Crippen LogP contribution in [0.1, 0.15) is 0 Å². The Morgan fingerprint density at radius 3 is 1.17 bits per heavy atom. The van der Waals surface area contributed by atoms with E-state index >= 15 is 0 Å². The summed E-state index contributed by atoms with van der Waals surface area (Å²) in [4.78, 5) is 4.43. The molecule has 0 bridgehead atoms. The van der Waals surface area contributed by atoms with E-state index in [-0.39, 0.29) is 6.61 Å². The van der Waals surface area contributed by atoms with E-state index in [0.717, 1.165) is 0 Å². The summed E-state index contributed by atoms with van der Waals surface area (Å²) in [6, 6.07) is 0. The second kappa shape index (κ2) is 16.0. The zero-order chi connectivity index (χ0) is 18.2. The third-order valence-electron chi connectivity index (χ3n) is 2.40. The predicted molar refractivity (Wildman–Crippen MR) is 114 cm³/mol. The van der Waals surface area contributed by atoms with Gasteiger partial charge in [-0.25, -0.2) is 0 Å². The first kappa shape index (κ1) is 26.0. The third kappa shape index (κ3) is 24.0. The van der Waals surface area contributed by atoms with Crippen LogP contribution in [0.4, 0.5) is 0 Å². The Hall–Kier alpha value is 1.97. The zero-order valence-corrected chi connectivity index (χ0v) is 21.5. The molecule has 0 spiro atoms. The van der Waals surface area contributed by atoms with E-state index in [9.17, 15) is 0 Å². The molecule has 1 N–H and O–H groups in total. The molecule has 0 aliphatic carbocycles. The van der Waals surface area contributed by atoms with Gasteiger partial charge in [0.25, 0.3) is 0 Å². The molecule has 0 aliphatic heterocycles. The summed E-state index contributed by atoms with van der Waals surface area (Å²) in [7, 11) is -2.68. The fourth-order valence-corrected chi connectivity index (χ4v) is 5.69. The van der Waals surface area contributed by atoms with Crippen molar-refractivity contribution in [1.29, 1.82) is 0 Å². The average Bonchev–Trinajstić information content (AvgIpc) is 2.48. The molecule has 0 aromatic heterocycles. The van der Waals surface area contributed by atoms with E-state index in [4.69, 9.17) is 31.9 Å². The van der Waals surface area contributed by atoms with Gasteiger partial charge in [0.1, 0.15) is 0 Å². The molecule has 0 atom stereocenters. The molecule has 0 unspecified atom stereocenters. The maximum atomic E-state index is 8.51. The van der Waals surface area contributed by atoms with E-state index in [1.54, 1.807) is 0 Å². The average molecular weight is 694 g/mol. The van der Waals surface area contributed by atoms with Gasteiger partial charge in [-0.1, -0.05) is 0 Å². The van der Waals surface area contributed by atoms with Crippen LogP contribution in [0, 0.1) is 0 Å². The van der Waals surface area contributed by atoms with E-state index in [2.05, 4.69) is 47.3 Å². The van der Waals surface area contributed by atoms with Gasteiger partial charge in [-0.15, -0.1) is 0 Å². The molecule has 0 aromatic carbocycles. The smallest absolute Gasteiger partial charge is 0.394 e. The Labute approximate surface area is 166 Å². The molecule has 7 nitrogen and oxygen atoms in total. The van der Waals surface area contributed by atoms with Crippen molar-refractivity contribution in [3.8, 4) is 0 Å². The molecule has 0 radical (unpaired) electrons. The summed E-state index contributed by atoms with van der Waals surface area (Å²) in [5.74, 6) is 0. The Morgan fingerprint density at radius 1 is 0.583 bits per heavy atom. The quantitative estimate of drug-likeness (QED) is 0.134. The number of hydrogen-bond donors (Lipinski definition) is 1. The molecular weight excluding hydrogens is 662 g/mol. The Morgan fingerprint density at radius 2 is 0.875 bits per heavy atom. The molecule has 150 valence electrons. The summed E-state index contributed by atoms with van der Waals surface area (Å²) in [6.07, 6.45) is 0. The van der Waals surface area contributed by atoms with Gasteiger partial charge in [-0.3, -0.25) is 0 Å². The van der Waals surface area contributed by atoms with Crippen LogP contribution in [0.25, 0.3) is 0 Å². The summed E-state index contributed by atoms with van der Waals surface area (Å²) >= 11 is 4.92. The van der Waals surface area contributed by atoms with Gasteiger partial charge in [0, 0.05) is 0 Å². The maximum absolute atomic E-state index is 8.51. The molecule has 0 aliphatic rings. The molecule has 0 aromatic rings. The Kier molecular flexibility index (Phi) is 17.3. The van der Waals surface area contributed by atoms with Crippen LogP contribution in [0.5, 0.6) is 0 Å². The normalized spacial score (nSPS) is 13.8. The van der Waals surface area contributed by atoms with Crippen LogP contribution in [-0.2, 0) is 26.8 Å². The second-order valence-electron chi connectivity index (χ2n) is 5.31. The molecule has 0 rings (SSSR count). The van der Waals surface area contributed by atoms with Crippen molar-refractivity contribution in [2.75, 3.05) is 79.3 Å². The van der Waals surface area contributed by atoms with E-state index in [1.165, 1.54) is 0 Å². The van der Waals surface area contributed by atoms with E-state index < -0.39 is 9.33 Å². The van der Waals surface area contributed by atoms with Crippen LogP contribution in [-0.4, -0.2) is 93.7 Å². The first-order chi connectivity index (χ1) is 11.3. The molecule has 0 heterocycles. The number of aliphatic hydroxyl groups is 1. The predicted octanol–water partition coefficient (Wildman–Crippen LogP) is 1.83. The molecule has 0 amide bonds. The van der Waals surface area contributed by atoms with Gasteiger partial charge < -0.3 is 14.6 Å². The topological polar surface area (TPSA) is 75.6 Å². The molecular formula is C14H32I2O7Te. The third-order valence-corrected chi connectivity index (χ3v) is 8.69. The van der Waals surface area contributed by atoms with Gasteiger partial charge >= 0.3 is 127 Å². The minimum absolute atomic E-state index is 0.0411. The van der Waals surface area contributed by atoms with Crippen LogP contribution in [0.3, 0.4) is 0 Å². The first-order valence-electron chi connectivity index (χ1n) is 7.91. The van der Waals surface area contributed by atoms with Crippen molar-refractivity contribution in [1.82, 2.24) is 0 Å². The fraction of sp³-hybridized carbons (Fsp3) is 1.00. The Balaban J connectivity index is 3.08. The van der Waals surface area contributed by atoms with Gasteiger partial charge in [0.05, 0.1) is 26.4 Å². The minimum Gasteiger partial charge on any atom is -0.394 e. The van der Waals surface area contributed by atoms with Gasteiger partial charge in [-0.2, -0.15) is 0 Å². The standard InChI is InChI=1S/C14H32I2O7Te/c1-24(2,15,16)23-14-13-22-12-11-21-10-9-20-8-7-19-6-5-18-4-3-17/h17,24H,3-14H2,1-2H3. The van der Waals surface area contributed by atoms with E-state index in [1.807, 2.05) is 0 Å². The SMILES string of the molecule is C[TeH](C)(I)(I)OCCOCCOCCOCCOCCOCCO. The van der Waals surface area contributed by atoms with E-state index in [0.29, 0.717) is 72.7 Å². The van der Waals surface area contributed by atoms with Crippen LogP contribution >= 0.6 is 37.4 Å². The van der Waals surface area contributed by atoms with Crippen molar-refractivity contribution in [2.45, 2.75) is 9.94 Å². The minimum atomic E-state index is -2.68. The number of hydrogen-bond acceptors (Lipinski definition) is 7. The van der Waals surface area contributed by atoms with Crippen LogP contribution in [0.15, 0.2) is 0 Å². The zero-order valence-electron chi connectivity index (χ0n) is 14.6. The summed E-state index contributed by atoms with van der Waals surface area (Å²) < 4.78 is 32.5. The van der Waals surface area contributed by atoms with Gasteiger partial charge in [0.2, 0.25) is 0 Å². The van der Waals surface area contributed by atoms with Crippen molar-refractivity contribution in [3.05, 3.63) is 0 Å². The number of rotatable bonds is 18. The number of ether oxygens (including phenoxy) is 5. The van der Waals surface area contributed by atoms with Gasteiger partial charge in [-0.05, 0) is 0 Å². The van der Waals surface area contributed by atoms with Crippen molar-refractivity contribution >= 4 is 46.7 Å². The molecule has 24 heavy (non-hydrogen) atoms. The van der Waals surface area contributed by atoms with Crippen molar-refractivity contribution in [3.63, 3.8) is 0 Å². The summed E-state index contributed by atoms with van der Waals surface area (Å²) in [6.45, 7) is 5.93.